The Morgan fingerprint density at radius 1 is 1.19 bits per heavy atom. The number of carbonyl (C=O) groups is 1. The second-order valence-corrected chi connectivity index (χ2v) is 5.98. The monoisotopic (exact) mass is 367 g/mol. The summed E-state index contributed by atoms with van der Waals surface area (Å²) in [5.74, 6) is -0.355. The number of anilines is 1. The zero-order valence-corrected chi connectivity index (χ0v) is 14.2. The first kappa shape index (κ1) is 16.8. The van der Waals surface area contributed by atoms with Gasteiger partial charge in [-0.25, -0.2) is 14.2 Å². The Hall–Kier alpha value is -3.68. The minimum Gasteiger partial charge on any atom is -0.441 e. The van der Waals surface area contributed by atoms with E-state index in [1.54, 1.807) is 37.3 Å². The van der Waals surface area contributed by atoms with Gasteiger partial charge >= 0.3 is 5.76 Å². The summed E-state index contributed by atoms with van der Waals surface area (Å²) in [5.41, 5.74) is 2.54. The van der Waals surface area contributed by atoms with Crippen molar-refractivity contribution in [1.82, 2.24) is 9.97 Å². The fraction of sp³-hybridized carbons (Fsp3) is 0.105. The number of halogens is 1. The molecule has 1 amide bonds. The van der Waals surface area contributed by atoms with Crippen molar-refractivity contribution in [3.8, 4) is 11.5 Å². The highest BCUT2D eigenvalue weighted by atomic mass is 19.1. The first-order chi connectivity index (χ1) is 13.0. The summed E-state index contributed by atoms with van der Waals surface area (Å²) < 4.78 is 23.5. The van der Waals surface area contributed by atoms with E-state index in [1.165, 1.54) is 12.1 Å². The predicted octanol–water partition coefficient (Wildman–Crippen LogP) is 3.40. The van der Waals surface area contributed by atoms with Crippen molar-refractivity contribution in [3.05, 3.63) is 70.3 Å². The summed E-state index contributed by atoms with van der Waals surface area (Å²) in [6, 6.07) is 10.6. The number of oxazole rings is 2. The molecule has 2 aromatic heterocycles. The molecule has 0 spiro atoms. The third-order valence-corrected chi connectivity index (χ3v) is 4.01. The Labute approximate surface area is 151 Å². The van der Waals surface area contributed by atoms with Gasteiger partial charge < -0.3 is 14.2 Å². The molecule has 0 atom stereocenters. The first-order valence-electron chi connectivity index (χ1n) is 8.13. The zero-order chi connectivity index (χ0) is 19.0. The quantitative estimate of drug-likeness (QED) is 0.576. The molecule has 0 radical (unpaired) electrons. The number of nitrogens with one attached hydrogen (secondary N) is 2. The van der Waals surface area contributed by atoms with Crippen molar-refractivity contribution in [2.45, 2.75) is 13.3 Å². The van der Waals surface area contributed by atoms with Crippen LogP contribution in [0.25, 0.3) is 22.6 Å². The number of rotatable bonds is 4. The molecule has 4 rings (SSSR count). The first-order valence-corrected chi connectivity index (χ1v) is 8.13. The van der Waals surface area contributed by atoms with E-state index in [2.05, 4.69) is 15.3 Å². The van der Waals surface area contributed by atoms with Crippen LogP contribution < -0.4 is 11.1 Å². The second kappa shape index (κ2) is 6.56. The SMILES string of the molecule is Cc1oc(-c2ccc(F)cc2)nc1CC(=O)Nc1ccc2oc(=O)[nH]c2c1. The summed E-state index contributed by atoms with van der Waals surface area (Å²) in [6.45, 7) is 1.71. The number of carbonyl (C=O) groups excluding carboxylic acids is 1. The third-order valence-electron chi connectivity index (χ3n) is 4.01. The van der Waals surface area contributed by atoms with Crippen molar-refractivity contribution < 1.29 is 18.0 Å². The molecule has 0 saturated heterocycles. The van der Waals surface area contributed by atoms with E-state index >= 15 is 0 Å². The van der Waals surface area contributed by atoms with Gasteiger partial charge in [-0.2, -0.15) is 0 Å². The zero-order valence-electron chi connectivity index (χ0n) is 14.2. The highest BCUT2D eigenvalue weighted by molar-refractivity contribution is 5.94. The van der Waals surface area contributed by atoms with E-state index in [0.717, 1.165) is 0 Å². The van der Waals surface area contributed by atoms with Crippen molar-refractivity contribution in [2.75, 3.05) is 5.32 Å². The van der Waals surface area contributed by atoms with Crippen LogP contribution >= 0.6 is 0 Å². The predicted molar refractivity (Wildman–Crippen MR) is 95.8 cm³/mol. The highest BCUT2D eigenvalue weighted by Crippen LogP contribution is 2.23. The number of hydrogen-bond donors (Lipinski definition) is 2. The van der Waals surface area contributed by atoms with E-state index in [0.29, 0.717) is 39.7 Å². The van der Waals surface area contributed by atoms with Crippen LogP contribution in [0, 0.1) is 12.7 Å². The average molecular weight is 367 g/mol. The van der Waals surface area contributed by atoms with E-state index in [1.807, 2.05) is 0 Å². The van der Waals surface area contributed by atoms with Gasteiger partial charge in [0.2, 0.25) is 11.8 Å². The lowest BCUT2D eigenvalue weighted by Crippen LogP contribution is -2.15. The number of H-pyrrole nitrogens is 1. The molecule has 0 aliphatic carbocycles. The second-order valence-electron chi connectivity index (χ2n) is 5.98. The number of fused-ring (bicyclic) bond motifs is 1. The molecule has 2 N–H and O–H groups in total. The Morgan fingerprint density at radius 3 is 2.74 bits per heavy atom. The summed E-state index contributed by atoms with van der Waals surface area (Å²) in [4.78, 5) is 30.4. The Kier molecular flexibility index (Phi) is 4.08. The van der Waals surface area contributed by atoms with E-state index < -0.39 is 5.76 Å². The van der Waals surface area contributed by atoms with Crippen LogP contribution in [0.5, 0.6) is 0 Å². The van der Waals surface area contributed by atoms with Crippen LogP contribution in [-0.2, 0) is 11.2 Å². The van der Waals surface area contributed by atoms with Gasteiger partial charge in [-0.3, -0.25) is 9.78 Å². The maximum absolute atomic E-state index is 13.0. The molecule has 7 nitrogen and oxygen atoms in total. The maximum Gasteiger partial charge on any atom is 0.417 e. The van der Waals surface area contributed by atoms with Crippen LogP contribution in [0.3, 0.4) is 0 Å². The normalized spacial score (nSPS) is 11.0. The number of aromatic amines is 1. The summed E-state index contributed by atoms with van der Waals surface area (Å²) in [6.07, 6.45) is 0.0104. The largest absolute Gasteiger partial charge is 0.441 e. The number of aryl methyl sites for hydroxylation is 1. The van der Waals surface area contributed by atoms with Crippen LogP contribution in [0.15, 0.2) is 56.1 Å². The molecule has 8 heteroatoms. The lowest BCUT2D eigenvalue weighted by molar-refractivity contribution is -0.115. The summed E-state index contributed by atoms with van der Waals surface area (Å²) in [7, 11) is 0. The number of nitrogens with zero attached hydrogens (tertiary/aromatic N) is 1. The highest BCUT2D eigenvalue weighted by Gasteiger charge is 2.15. The minimum absolute atomic E-state index is 0.0104. The number of benzene rings is 2. The van der Waals surface area contributed by atoms with Crippen LogP contribution in [-0.4, -0.2) is 15.9 Å². The van der Waals surface area contributed by atoms with Gasteiger partial charge in [0.25, 0.3) is 0 Å². The number of amides is 1. The van der Waals surface area contributed by atoms with Crippen LogP contribution in [0.1, 0.15) is 11.5 Å². The van der Waals surface area contributed by atoms with Crippen LogP contribution in [0.4, 0.5) is 10.1 Å². The molecule has 0 aliphatic heterocycles. The molecule has 4 aromatic rings. The fourth-order valence-electron chi connectivity index (χ4n) is 2.70. The van der Waals surface area contributed by atoms with E-state index in [-0.39, 0.29) is 18.1 Å². The van der Waals surface area contributed by atoms with Gasteiger partial charge in [0.15, 0.2) is 5.58 Å². The maximum atomic E-state index is 13.0. The Bertz CT molecular complexity index is 1190. The lowest BCUT2D eigenvalue weighted by Gasteiger charge is -2.03. The van der Waals surface area contributed by atoms with Gasteiger partial charge in [-0.05, 0) is 49.4 Å². The molecular weight excluding hydrogens is 353 g/mol. The molecule has 0 bridgehead atoms. The molecule has 2 aromatic carbocycles. The fourth-order valence-corrected chi connectivity index (χ4v) is 2.70. The standard InChI is InChI=1S/C19H14FN3O4/c1-10-14(22-18(26-10)11-2-4-12(20)5-3-11)9-17(24)21-13-6-7-16-15(8-13)23-19(25)27-16/h2-8H,9H2,1H3,(H,21,24)(H,23,25). The molecule has 0 unspecified atom stereocenters. The smallest absolute Gasteiger partial charge is 0.417 e. The van der Waals surface area contributed by atoms with Gasteiger partial charge in [0, 0.05) is 11.3 Å². The number of hydrogen-bond acceptors (Lipinski definition) is 5. The molecular formula is C19H14FN3O4. The van der Waals surface area contributed by atoms with Crippen molar-refractivity contribution >= 4 is 22.7 Å². The molecule has 27 heavy (non-hydrogen) atoms. The van der Waals surface area contributed by atoms with E-state index in [4.69, 9.17) is 8.83 Å². The molecule has 0 fully saturated rings. The molecule has 136 valence electrons. The van der Waals surface area contributed by atoms with Gasteiger partial charge in [-0.1, -0.05) is 0 Å². The number of aromatic nitrogens is 2. The lowest BCUT2D eigenvalue weighted by atomic mass is 10.2. The minimum atomic E-state index is -0.556. The third kappa shape index (κ3) is 3.50. The Morgan fingerprint density at radius 2 is 1.96 bits per heavy atom. The van der Waals surface area contributed by atoms with Crippen molar-refractivity contribution in [2.24, 2.45) is 0 Å². The molecule has 0 aliphatic rings. The average Bonchev–Trinajstić information content (AvgIpc) is 3.17. The van der Waals surface area contributed by atoms with Gasteiger partial charge in [0.1, 0.15) is 11.6 Å². The topological polar surface area (TPSA) is 101 Å². The molecule has 2 heterocycles. The Balaban J connectivity index is 1.50. The molecule has 0 saturated carbocycles. The van der Waals surface area contributed by atoms with E-state index in [9.17, 15) is 14.0 Å². The summed E-state index contributed by atoms with van der Waals surface area (Å²) >= 11 is 0. The van der Waals surface area contributed by atoms with Gasteiger partial charge in [-0.15, -0.1) is 0 Å². The van der Waals surface area contributed by atoms with Crippen LogP contribution in [0.2, 0.25) is 0 Å². The summed E-state index contributed by atoms with van der Waals surface area (Å²) in [5, 5.41) is 2.74. The van der Waals surface area contributed by atoms with Crippen molar-refractivity contribution in [1.29, 1.82) is 0 Å². The van der Waals surface area contributed by atoms with Crippen molar-refractivity contribution in [3.63, 3.8) is 0 Å². The van der Waals surface area contributed by atoms with Gasteiger partial charge in [0.05, 0.1) is 17.6 Å².